The summed E-state index contributed by atoms with van der Waals surface area (Å²) in [6.45, 7) is -0.789. The first kappa shape index (κ1) is 27.9. The van der Waals surface area contributed by atoms with Crippen LogP contribution in [0.2, 0.25) is 5.02 Å². The van der Waals surface area contributed by atoms with Gasteiger partial charge in [0.05, 0.1) is 36.9 Å². The van der Waals surface area contributed by atoms with Gasteiger partial charge >= 0.3 is 6.18 Å². The minimum absolute atomic E-state index is 0.0230. The first-order valence-corrected chi connectivity index (χ1v) is 13.1. The predicted molar refractivity (Wildman–Crippen MR) is 146 cm³/mol. The minimum atomic E-state index is -4.69. The molecule has 16 heteroatoms. The van der Waals surface area contributed by atoms with Crippen molar-refractivity contribution in [2.24, 2.45) is 7.05 Å². The van der Waals surface area contributed by atoms with Crippen molar-refractivity contribution < 1.29 is 26.7 Å². The van der Waals surface area contributed by atoms with Gasteiger partial charge < -0.3 is 19.9 Å². The van der Waals surface area contributed by atoms with Gasteiger partial charge in [0.1, 0.15) is 21.9 Å². The Bertz CT molecular complexity index is 1800. The number of aromatic nitrogens is 6. The average molecular weight is 608 g/mol. The number of ether oxygens (including phenoxy) is 1. The smallest absolute Gasteiger partial charge is 0.416 e. The Balaban J connectivity index is 1.27. The number of nitrogens with one attached hydrogen (secondary N) is 2. The summed E-state index contributed by atoms with van der Waals surface area (Å²) in [5.41, 5.74) is 0.292. The molecular weight excluding hydrogens is 585 g/mol. The quantitative estimate of drug-likeness (QED) is 0.214. The van der Waals surface area contributed by atoms with Crippen LogP contribution in [0.3, 0.4) is 0 Å². The molecule has 1 saturated heterocycles. The van der Waals surface area contributed by atoms with Crippen molar-refractivity contribution in [3.8, 4) is 11.5 Å². The van der Waals surface area contributed by atoms with Gasteiger partial charge in [0.2, 0.25) is 5.95 Å². The summed E-state index contributed by atoms with van der Waals surface area (Å²) < 4.78 is 78.2. The van der Waals surface area contributed by atoms with E-state index in [-0.39, 0.29) is 53.1 Å². The van der Waals surface area contributed by atoms with E-state index in [1.807, 2.05) is 0 Å². The summed E-state index contributed by atoms with van der Waals surface area (Å²) >= 11 is 6.67. The number of imidazole rings is 1. The third kappa shape index (κ3) is 5.25. The fourth-order valence-corrected chi connectivity index (χ4v) is 5.15. The zero-order valence-electron chi connectivity index (χ0n) is 22.2. The molecule has 5 aromatic rings. The molecule has 6 rings (SSSR count). The molecule has 5 heterocycles. The van der Waals surface area contributed by atoms with Crippen LogP contribution in [0.4, 0.5) is 39.4 Å². The van der Waals surface area contributed by atoms with Gasteiger partial charge in [0.25, 0.3) is 5.92 Å². The van der Waals surface area contributed by atoms with E-state index in [4.69, 9.17) is 16.3 Å². The van der Waals surface area contributed by atoms with E-state index in [2.05, 4.69) is 30.7 Å². The van der Waals surface area contributed by atoms with Gasteiger partial charge in [0, 0.05) is 39.3 Å². The molecule has 1 aromatic carbocycles. The molecule has 1 aliphatic heterocycles. The van der Waals surface area contributed by atoms with Crippen LogP contribution in [-0.4, -0.2) is 60.1 Å². The number of benzene rings is 1. The molecular formula is C26H23ClF5N9O. The highest BCUT2D eigenvalue weighted by atomic mass is 35.5. The maximum absolute atomic E-state index is 14.0. The van der Waals surface area contributed by atoms with Gasteiger partial charge in [-0.25, -0.2) is 23.3 Å². The van der Waals surface area contributed by atoms with Crippen LogP contribution in [0.25, 0.3) is 16.7 Å². The topological polar surface area (TPSA) is 97.4 Å². The second-order valence-corrected chi connectivity index (χ2v) is 10.3. The van der Waals surface area contributed by atoms with Crippen molar-refractivity contribution >= 4 is 45.7 Å². The number of rotatable bonds is 7. The monoisotopic (exact) mass is 607 g/mol. The number of pyridine rings is 1. The lowest BCUT2D eigenvalue weighted by Crippen LogP contribution is -2.26. The Morgan fingerprint density at radius 2 is 1.93 bits per heavy atom. The fourth-order valence-electron chi connectivity index (χ4n) is 4.85. The normalized spacial score (nSPS) is 15.5. The van der Waals surface area contributed by atoms with Crippen LogP contribution in [0, 0.1) is 0 Å². The molecule has 4 aromatic heterocycles. The van der Waals surface area contributed by atoms with Crippen molar-refractivity contribution in [1.82, 2.24) is 34.0 Å². The Morgan fingerprint density at radius 1 is 1.12 bits per heavy atom. The molecule has 0 bridgehead atoms. The highest BCUT2D eigenvalue weighted by Gasteiger charge is 2.40. The SMILES string of the molecule is CNc1cn2ncc(Oc3cnc4nc(Nc5ccc(CN6CCC(F)(F)C6)c(C(F)(F)F)c5)n(C)c4c3Cl)c2cn1. The van der Waals surface area contributed by atoms with Crippen LogP contribution < -0.4 is 15.4 Å². The third-order valence-electron chi connectivity index (χ3n) is 6.96. The van der Waals surface area contributed by atoms with Gasteiger partial charge in [-0.1, -0.05) is 17.7 Å². The number of halogens is 6. The summed E-state index contributed by atoms with van der Waals surface area (Å²) in [5, 5.41) is 10.2. The molecule has 1 aliphatic rings. The lowest BCUT2D eigenvalue weighted by molar-refractivity contribution is -0.138. The minimum Gasteiger partial charge on any atom is -0.450 e. The van der Waals surface area contributed by atoms with E-state index < -0.39 is 24.2 Å². The van der Waals surface area contributed by atoms with Crippen molar-refractivity contribution in [3.05, 3.63) is 59.1 Å². The summed E-state index contributed by atoms with van der Waals surface area (Å²) in [4.78, 5) is 14.3. The Hall–Kier alpha value is -4.24. The van der Waals surface area contributed by atoms with Crippen molar-refractivity contribution in [1.29, 1.82) is 0 Å². The maximum atomic E-state index is 14.0. The van der Waals surface area contributed by atoms with Crippen LogP contribution >= 0.6 is 11.6 Å². The Morgan fingerprint density at radius 3 is 2.64 bits per heavy atom. The lowest BCUT2D eigenvalue weighted by Gasteiger charge is -2.20. The predicted octanol–water partition coefficient (Wildman–Crippen LogP) is 6.10. The summed E-state index contributed by atoms with van der Waals surface area (Å²) in [6.07, 6.45) is 1.09. The molecule has 0 saturated carbocycles. The molecule has 0 aliphatic carbocycles. The summed E-state index contributed by atoms with van der Waals surface area (Å²) in [5.74, 6) is -1.52. The number of anilines is 3. The number of aryl methyl sites for hydroxylation is 1. The second-order valence-electron chi connectivity index (χ2n) is 9.88. The third-order valence-corrected chi connectivity index (χ3v) is 7.33. The fraction of sp³-hybridized carbons (Fsp3) is 0.308. The molecule has 1 fully saturated rings. The molecule has 10 nitrogen and oxygen atoms in total. The highest BCUT2D eigenvalue weighted by Crippen LogP contribution is 2.39. The average Bonchev–Trinajstić information content (AvgIpc) is 3.60. The number of hydrogen-bond donors (Lipinski definition) is 2. The van der Waals surface area contributed by atoms with Gasteiger partial charge in [-0.3, -0.25) is 4.90 Å². The number of fused-ring (bicyclic) bond motifs is 2. The number of likely N-dealkylation sites (tertiary alicyclic amines) is 1. The zero-order valence-corrected chi connectivity index (χ0v) is 22.9. The van der Waals surface area contributed by atoms with Crippen molar-refractivity contribution in [3.63, 3.8) is 0 Å². The van der Waals surface area contributed by atoms with Gasteiger partial charge in [-0.15, -0.1) is 0 Å². The van der Waals surface area contributed by atoms with Gasteiger partial charge in [-0.05, 0) is 17.7 Å². The molecule has 2 N–H and O–H groups in total. The molecule has 0 unspecified atom stereocenters. The van der Waals surface area contributed by atoms with E-state index in [1.54, 1.807) is 35.6 Å². The highest BCUT2D eigenvalue weighted by molar-refractivity contribution is 6.36. The molecule has 0 amide bonds. The standard InChI is InChI=1S/C26H23ClF5N9O/c1-33-20-12-41-17(8-34-20)18(10-36-41)42-19-9-35-23-22(21(19)27)39(2)24(38-23)37-15-4-3-14(16(7-15)26(30,31)32)11-40-6-5-25(28,29)13-40/h3-4,7-10,12,33H,5-6,11,13H2,1-2H3,(H,35,37,38). The second kappa shape index (κ2) is 10.2. The summed E-state index contributed by atoms with van der Waals surface area (Å²) in [7, 11) is 3.36. The Labute approximate surface area is 240 Å². The first-order valence-electron chi connectivity index (χ1n) is 12.7. The van der Waals surface area contributed by atoms with E-state index in [0.29, 0.717) is 22.6 Å². The Kier molecular flexibility index (Phi) is 6.80. The van der Waals surface area contributed by atoms with E-state index in [9.17, 15) is 22.0 Å². The number of hydrogen-bond acceptors (Lipinski definition) is 8. The molecule has 220 valence electrons. The summed E-state index contributed by atoms with van der Waals surface area (Å²) in [6, 6.07) is 3.66. The maximum Gasteiger partial charge on any atom is 0.416 e. The van der Waals surface area contributed by atoms with Crippen LogP contribution in [-0.2, 0) is 19.8 Å². The van der Waals surface area contributed by atoms with Crippen LogP contribution in [0.15, 0.2) is 43.0 Å². The van der Waals surface area contributed by atoms with E-state index >= 15 is 0 Å². The zero-order chi connectivity index (χ0) is 29.8. The first-order chi connectivity index (χ1) is 19.9. The molecule has 0 atom stereocenters. The van der Waals surface area contributed by atoms with E-state index in [1.165, 1.54) is 29.4 Å². The van der Waals surface area contributed by atoms with Crippen LogP contribution in [0.1, 0.15) is 17.5 Å². The van der Waals surface area contributed by atoms with E-state index in [0.717, 1.165) is 6.07 Å². The molecule has 42 heavy (non-hydrogen) atoms. The van der Waals surface area contributed by atoms with Crippen LogP contribution in [0.5, 0.6) is 11.5 Å². The largest absolute Gasteiger partial charge is 0.450 e. The van der Waals surface area contributed by atoms with Crippen molar-refractivity contribution in [2.75, 3.05) is 30.8 Å². The molecule has 0 spiro atoms. The lowest BCUT2D eigenvalue weighted by atomic mass is 10.1. The van der Waals surface area contributed by atoms with Crippen molar-refractivity contribution in [2.45, 2.75) is 25.1 Å². The number of nitrogens with zero attached hydrogens (tertiary/aromatic N) is 7. The van der Waals surface area contributed by atoms with Gasteiger partial charge in [-0.2, -0.15) is 23.3 Å². The number of alkyl halides is 5. The molecule has 0 radical (unpaired) electrons. The van der Waals surface area contributed by atoms with Gasteiger partial charge in [0.15, 0.2) is 17.1 Å².